The van der Waals surface area contributed by atoms with Crippen molar-refractivity contribution in [1.82, 2.24) is 30.3 Å². The zero-order chi connectivity index (χ0) is 17.1. The molecule has 3 N–H and O–H groups in total. The Labute approximate surface area is 137 Å². The SMILES string of the molecule is O=C(CC1NC(=O)NC1=O)NCCCn1nc2n(c1=O)CCCC2. The number of fused-ring (bicyclic) bond motifs is 1. The van der Waals surface area contributed by atoms with Gasteiger partial charge >= 0.3 is 11.7 Å². The molecule has 0 saturated carbocycles. The summed E-state index contributed by atoms with van der Waals surface area (Å²) >= 11 is 0. The number of carbonyl (C=O) groups is 3. The van der Waals surface area contributed by atoms with Crippen LogP contribution in [0.1, 0.15) is 31.5 Å². The highest BCUT2D eigenvalue weighted by molar-refractivity contribution is 6.05. The number of aryl methyl sites for hydroxylation is 2. The fourth-order valence-corrected chi connectivity index (χ4v) is 2.91. The fraction of sp³-hybridized carbons (Fsp3) is 0.643. The lowest BCUT2D eigenvalue weighted by Crippen LogP contribution is -2.36. The van der Waals surface area contributed by atoms with Gasteiger partial charge in [-0.1, -0.05) is 0 Å². The molecule has 0 aliphatic carbocycles. The van der Waals surface area contributed by atoms with Crippen LogP contribution in [-0.2, 0) is 29.1 Å². The zero-order valence-corrected chi connectivity index (χ0v) is 13.2. The van der Waals surface area contributed by atoms with E-state index < -0.39 is 18.0 Å². The second-order valence-corrected chi connectivity index (χ2v) is 5.95. The third kappa shape index (κ3) is 3.47. The Morgan fingerprint density at radius 1 is 1.29 bits per heavy atom. The molecule has 1 atom stereocenters. The summed E-state index contributed by atoms with van der Waals surface area (Å²) in [6.45, 7) is 1.52. The molecule has 2 aliphatic rings. The van der Waals surface area contributed by atoms with E-state index in [1.165, 1.54) is 4.68 Å². The Hall–Kier alpha value is -2.65. The summed E-state index contributed by atoms with van der Waals surface area (Å²) in [5, 5.41) is 11.4. The Morgan fingerprint density at radius 2 is 2.12 bits per heavy atom. The molecule has 3 rings (SSSR count). The smallest absolute Gasteiger partial charge is 0.345 e. The van der Waals surface area contributed by atoms with Crippen LogP contribution in [0.3, 0.4) is 0 Å². The monoisotopic (exact) mass is 336 g/mol. The van der Waals surface area contributed by atoms with Crippen molar-refractivity contribution in [3.63, 3.8) is 0 Å². The minimum atomic E-state index is -0.819. The van der Waals surface area contributed by atoms with Gasteiger partial charge in [-0.25, -0.2) is 14.3 Å². The van der Waals surface area contributed by atoms with E-state index in [0.29, 0.717) is 19.5 Å². The first-order valence-electron chi connectivity index (χ1n) is 8.09. The Kier molecular flexibility index (Phi) is 4.63. The van der Waals surface area contributed by atoms with E-state index in [-0.39, 0.29) is 18.0 Å². The molecule has 0 aromatic carbocycles. The van der Waals surface area contributed by atoms with Gasteiger partial charge in [-0.3, -0.25) is 19.5 Å². The summed E-state index contributed by atoms with van der Waals surface area (Å²) in [6.07, 6.45) is 3.34. The first-order valence-corrected chi connectivity index (χ1v) is 8.09. The lowest BCUT2D eigenvalue weighted by molar-refractivity contribution is -0.126. The normalized spacial score (nSPS) is 19.6. The van der Waals surface area contributed by atoms with Gasteiger partial charge < -0.3 is 10.6 Å². The predicted octanol–water partition coefficient (Wildman–Crippen LogP) is -1.51. The molecule has 0 bridgehead atoms. The van der Waals surface area contributed by atoms with Gasteiger partial charge in [0.05, 0.1) is 6.42 Å². The quantitative estimate of drug-likeness (QED) is 0.430. The van der Waals surface area contributed by atoms with E-state index in [1.54, 1.807) is 4.57 Å². The Balaban J connectivity index is 1.42. The van der Waals surface area contributed by atoms with Crippen molar-refractivity contribution < 1.29 is 14.4 Å². The summed E-state index contributed by atoms with van der Waals surface area (Å²) < 4.78 is 3.15. The summed E-state index contributed by atoms with van der Waals surface area (Å²) in [4.78, 5) is 46.2. The molecule has 24 heavy (non-hydrogen) atoms. The van der Waals surface area contributed by atoms with Crippen LogP contribution < -0.4 is 21.6 Å². The van der Waals surface area contributed by atoms with E-state index in [4.69, 9.17) is 0 Å². The number of aromatic nitrogens is 3. The van der Waals surface area contributed by atoms with Crippen LogP contribution in [0.5, 0.6) is 0 Å². The van der Waals surface area contributed by atoms with Gasteiger partial charge in [-0.2, -0.15) is 5.10 Å². The van der Waals surface area contributed by atoms with E-state index >= 15 is 0 Å². The topological polar surface area (TPSA) is 127 Å². The average Bonchev–Trinajstić information content (AvgIpc) is 3.04. The largest absolute Gasteiger partial charge is 0.356 e. The van der Waals surface area contributed by atoms with Crippen molar-refractivity contribution in [2.24, 2.45) is 0 Å². The fourth-order valence-electron chi connectivity index (χ4n) is 2.91. The number of hydrogen-bond acceptors (Lipinski definition) is 5. The Bertz CT molecular complexity index is 721. The second kappa shape index (κ2) is 6.85. The predicted molar refractivity (Wildman–Crippen MR) is 82.1 cm³/mol. The molecule has 0 radical (unpaired) electrons. The van der Waals surface area contributed by atoms with Gasteiger partial charge in [0.25, 0.3) is 5.91 Å². The average molecular weight is 336 g/mol. The van der Waals surface area contributed by atoms with Gasteiger partial charge in [-0.15, -0.1) is 0 Å². The maximum Gasteiger partial charge on any atom is 0.345 e. The summed E-state index contributed by atoms with van der Waals surface area (Å²) in [5.41, 5.74) is -0.0960. The lowest BCUT2D eigenvalue weighted by atomic mass is 10.2. The molecule has 2 aliphatic heterocycles. The molecule has 3 heterocycles. The second-order valence-electron chi connectivity index (χ2n) is 5.95. The minimum absolute atomic E-state index is 0.0960. The van der Waals surface area contributed by atoms with E-state index in [1.807, 2.05) is 0 Å². The first-order chi connectivity index (χ1) is 11.5. The molecule has 4 amide bonds. The van der Waals surface area contributed by atoms with Gasteiger partial charge in [0.1, 0.15) is 11.9 Å². The minimum Gasteiger partial charge on any atom is -0.356 e. The van der Waals surface area contributed by atoms with Crippen molar-refractivity contribution in [1.29, 1.82) is 0 Å². The van der Waals surface area contributed by atoms with Crippen molar-refractivity contribution in [3.05, 3.63) is 16.3 Å². The molecule has 0 spiro atoms. The zero-order valence-electron chi connectivity index (χ0n) is 13.2. The molecule has 1 aromatic rings. The molecular formula is C14H20N6O4. The number of hydrogen-bond donors (Lipinski definition) is 3. The van der Waals surface area contributed by atoms with E-state index in [2.05, 4.69) is 21.0 Å². The van der Waals surface area contributed by atoms with Gasteiger partial charge in [-0.05, 0) is 19.3 Å². The van der Waals surface area contributed by atoms with Crippen LogP contribution in [0, 0.1) is 0 Å². The highest BCUT2D eigenvalue weighted by Crippen LogP contribution is 2.09. The molecule has 10 heteroatoms. The maximum absolute atomic E-state index is 12.1. The third-order valence-corrected chi connectivity index (χ3v) is 4.15. The first kappa shape index (κ1) is 16.2. The highest BCUT2D eigenvalue weighted by atomic mass is 16.2. The number of nitrogens with zero attached hydrogens (tertiary/aromatic N) is 3. The van der Waals surface area contributed by atoms with E-state index in [9.17, 15) is 19.2 Å². The number of imide groups is 1. The third-order valence-electron chi connectivity index (χ3n) is 4.15. The molecule has 1 fully saturated rings. The standard InChI is InChI=1S/C14H20N6O4/c21-11(8-9-12(22)17-13(23)16-9)15-5-3-7-20-14(24)19-6-2-1-4-10(19)18-20/h9H,1-8H2,(H,15,21)(H2,16,17,22,23). The lowest BCUT2D eigenvalue weighted by Gasteiger charge is -2.09. The van der Waals surface area contributed by atoms with Crippen molar-refractivity contribution >= 4 is 17.8 Å². The van der Waals surface area contributed by atoms with Crippen LogP contribution in [0.4, 0.5) is 4.79 Å². The van der Waals surface area contributed by atoms with Gasteiger partial charge in [0.15, 0.2) is 0 Å². The van der Waals surface area contributed by atoms with Crippen molar-refractivity contribution in [2.75, 3.05) is 6.54 Å². The highest BCUT2D eigenvalue weighted by Gasteiger charge is 2.31. The van der Waals surface area contributed by atoms with Crippen LogP contribution in [-0.4, -0.2) is 44.8 Å². The number of rotatable bonds is 6. The summed E-state index contributed by atoms with van der Waals surface area (Å²) in [5.74, 6) is 0.0115. The maximum atomic E-state index is 12.1. The molecule has 130 valence electrons. The number of nitrogens with one attached hydrogen (secondary N) is 3. The van der Waals surface area contributed by atoms with Crippen LogP contribution >= 0.6 is 0 Å². The number of urea groups is 1. The van der Waals surface area contributed by atoms with Crippen LogP contribution in [0.2, 0.25) is 0 Å². The van der Waals surface area contributed by atoms with Gasteiger partial charge in [0.2, 0.25) is 5.91 Å². The van der Waals surface area contributed by atoms with Crippen LogP contribution in [0.25, 0.3) is 0 Å². The van der Waals surface area contributed by atoms with Crippen LogP contribution in [0.15, 0.2) is 4.79 Å². The summed E-state index contributed by atoms with van der Waals surface area (Å²) in [7, 11) is 0. The van der Waals surface area contributed by atoms with Gasteiger partial charge in [0, 0.05) is 26.1 Å². The van der Waals surface area contributed by atoms with Crippen molar-refractivity contribution in [2.45, 2.75) is 51.2 Å². The summed E-state index contributed by atoms with van der Waals surface area (Å²) in [6, 6.07) is -1.40. The molecule has 10 nitrogen and oxygen atoms in total. The Morgan fingerprint density at radius 3 is 2.83 bits per heavy atom. The van der Waals surface area contributed by atoms with Crippen molar-refractivity contribution in [3.8, 4) is 0 Å². The molecular weight excluding hydrogens is 316 g/mol. The molecule has 1 saturated heterocycles. The molecule has 1 aromatic heterocycles. The number of carbonyl (C=O) groups excluding carboxylic acids is 3. The van der Waals surface area contributed by atoms with E-state index in [0.717, 1.165) is 31.6 Å². The molecule has 1 unspecified atom stereocenters. The number of amides is 4.